The lowest BCUT2D eigenvalue weighted by Gasteiger charge is -2.14. The van der Waals surface area contributed by atoms with Crippen LogP contribution in [0.2, 0.25) is 0 Å². The van der Waals surface area contributed by atoms with Crippen molar-refractivity contribution in [3.05, 3.63) is 54.1 Å². The van der Waals surface area contributed by atoms with Crippen LogP contribution in [0.3, 0.4) is 0 Å². The maximum atomic E-state index is 12.0. The first-order valence-corrected chi connectivity index (χ1v) is 6.00. The highest BCUT2D eigenvalue weighted by Crippen LogP contribution is 2.18. The van der Waals surface area contributed by atoms with E-state index in [1.54, 1.807) is 24.3 Å². The number of nitrogen functional groups attached to an aromatic ring is 1. The van der Waals surface area contributed by atoms with Crippen molar-refractivity contribution in [2.75, 3.05) is 30.0 Å². The van der Waals surface area contributed by atoms with E-state index in [4.69, 9.17) is 5.73 Å². The number of amides is 1. The van der Waals surface area contributed by atoms with Gasteiger partial charge in [0.2, 0.25) is 0 Å². The number of nitrogens with one attached hydrogen (secondary N) is 1. The van der Waals surface area contributed by atoms with Crippen molar-refractivity contribution in [2.24, 2.45) is 0 Å². The van der Waals surface area contributed by atoms with E-state index in [1.165, 1.54) is 0 Å². The number of benzene rings is 2. The lowest BCUT2D eigenvalue weighted by molar-refractivity contribution is 0.102. The van der Waals surface area contributed by atoms with Gasteiger partial charge in [-0.2, -0.15) is 0 Å². The fraction of sp³-hybridized carbons (Fsp3) is 0.133. The standard InChI is InChI=1S/C15H17N3O/c1-18(2)14-5-3-4-13(10-14)17-15(19)11-6-8-12(16)9-7-11/h3-10H,16H2,1-2H3,(H,17,19). The molecule has 0 aliphatic rings. The smallest absolute Gasteiger partial charge is 0.255 e. The van der Waals surface area contributed by atoms with Crippen molar-refractivity contribution in [3.63, 3.8) is 0 Å². The molecule has 4 nitrogen and oxygen atoms in total. The minimum Gasteiger partial charge on any atom is -0.399 e. The van der Waals surface area contributed by atoms with Crippen molar-refractivity contribution in [2.45, 2.75) is 0 Å². The largest absolute Gasteiger partial charge is 0.399 e. The number of rotatable bonds is 3. The predicted octanol–water partition coefficient (Wildman–Crippen LogP) is 2.59. The molecule has 0 saturated heterocycles. The van der Waals surface area contributed by atoms with Crippen molar-refractivity contribution in [1.29, 1.82) is 0 Å². The molecule has 4 heteroatoms. The van der Waals surface area contributed by atoms with Gasteiger partial charge in [0.15, 0.2) is 0 Å². The summed E-state index contributed by atoms with van der Waals surface area (Å²) in [5.41, 5.74) is 8.64. The van der Waals surface area contributed by atoms with Crippen LogP contribution in [-0.2, 0) is 0 Å². The lowest BCUT2D eigenvalue weighted by Crippen LogP contribution is -2.13. The van der Waals surface area contributed by atoms with Gasteiger partial charge < -0.3 is 16.0 Å². The van der Waals surface area contributed by atoms with E-state index in [0.29, 0.717) is 11.3 Å². The van der Waals surface area contributed by atoms with Crippen molar-refractivity contribution >= 4 is 23.0 Å². The lowest BCUT2D eigenvalue weighted by atomic mass is 10.2. The molecule has 2 rings (SSSR count). The van der Waals surface area contributed by atoms with Crippen LogP contribution < -0.4 is 16.0 Å². The van der Waals surface area contributed by atoms with Crippen LogP contribution in [0.25, 0.3) is 0 Å². The Morgan fingerprint density at radius 3 is 2.42 bits per heavy atom. The van der Waals surface area contributed by atoms with E-state index in [1.807, 2.05) is 43.3 Å². The van der Waals surface area contributed by atoms with Gasteiger partial charge in [0, 0.05) is 36.7 Å². The van der Waals surface area contributed by atoms with Gasteiger partial charge >= 0.3 is 0 Å². The molecule has 2 aromatic carbocycles. The normalized spacial score (nSPS) is 10.0. The van der Waals surface area contributed by atoms with Gasteiger partial charge in [-0.25, -0.2) is 0 Å². The molecule has 2 aromatic rings. The quantitative estimate of drug-likeness (QED) is 0.829. The highest BCUT2D eigenvalue weighted by Gasteiger charge is 2.06. The molecule has 0 aliphatic heterocycles. The summed E-state index contributed by atoms with van der Waals surface area (Å²) in [6, 6.07) is 14.5. The number of hydrogen-bond acceptors (Lipinski definition) is 3. The van der Waals surface area contributed by atoms with Crippen LogP contribution in [0.5, 0.6) is 0 Å². The molecular formula is C15H17N3O. The third-order valence-electron chi connectivity index (χ3n) is 2.79. The molecule has 0 saturated carbocycles. The second-order valence-corrected chi connectivity index (χ2v) is 4.52. The van der Waals surface area contributed by atoms with E-state index in [9.17, 15) is 4.79 Å². The van der Waals surface area contributed by atoms with Crippen LogP contribution in [0, 0.1) is 0 Å². The number of hydrogen-bond donors (Lipinski definition) is 2. The first-order valence-electron chi connectivity index (χ1n) is 6.00. The summed E-state index contributed by atoms with van der Waals surface area (Å²) in [5, 5.41) is 2.87. The van der Waals surface area contributed by atoms with E-state index in [2.05, 4.69) is 5.32 Å². The number of nitrogens with two attached hydrogens (primary N) is 1. The number of anilines is 3. The molecule has 0 radical (unpaired) electrons. The maximum absolute atomic E-state index is 12.0. The average Bonchev–Trinajstić information content (AvgIpc) is 2.39. The molecule has 0 aromatic heterocycles. The summed E-state index contributed by atoms with van der Waals surface area (Å²) < 4.78 is 0. The Morgan fingerprint density at radius 2 is 1.79 bits per heavy atom. The molecular weight excluding hydrogens is 238 g/mol. The minimum atomic E-state index is -0.143. The topological polar surface area (TPSA) is 58.4 Å². The van der Waals surface area contributed by atoms with Crippen molar-refractivity contribution < 1.29 is 4.79 Å². The molecule has 0 bridgehead atoms. The second-order valence-electron chi connectivity index (χ2n) is 4.52. The Morgan fingerprint density at radius 1 is 1.11 bits per heavy atom. The second kappa shape index (κ2) is 5.44. The highest BCUT2D eigenvalue weighted by molar-refractivity contribution is 6.04. The Balaban J connectivity index is 2.14. The van der Waals surface area contributed by atoms with E-state index in [0.717, 1.165) is 11.4 Å². The summed E-state index contributed by atoms with van der Waals surface area (Å²) in [6.07, 6.45) is 0. The molecule has 0 aliphatic carbocycles. The highest BCUT2D eigenvalue weighted by atomic mass is 16.1. The zero-order valence-corrected chi connectivity index (χ0v) is 11.1. The first kappa shape index (κ1) is 13.0. The van der Waals surface area contributed by atoms with Crippen LogP contribution >= 0.6 is 0 Å². The van der Waals surface area contributed by atoms with Gasteiger partial charge in [-0.15, -0.1) is 0 Å². The molecule has 0 spiro atoms. The number of nitrogens with zero attached hydrogens (tertiary/aromatic N) is 1. The van der Waals surface area contributed by atoms with Gasteiger partial charge in [-0.1, -0.05) is 6.07 Å². The first-order chi connectivity index (χ1) is 9.06. The number of carbonyl (C=O) groups excluding carboxylic acids is 1. The Kier molecular flexibility index (Phi) is 3.71. The summed E-state index contributed by atoms with van der Waals surface area (Å²) in [5.74, 6) is -0.143. The summed E-state index contributed by atoms with van der Waals surface area (Å²) in [6.45, 7) is 0. The zero-order valence-electron chi connectivity index (χ0n) is 11.1. The summed E-state index contributed by atoms with van der Waals surface area (Å²) in [4.78, 5) is 14.0. The maximum Gasteiger partial charge on any atom is 0.255 e. The predicted molar refractivity (Wildman–Crippen MR) is 79.6 cm³/mol. The fourth-order valence-electron chi connectivity index (χ4n) is 1.70. The van der Waals surface area contributed by atoms with E-state index >= 15 is 0 Å². The third kappa shape index (κ3) is 3.25. The SMILES string of the molecule is CN(C)c1cccc(NC(=O)c2ccc(N)cc2)c1. The van der Waals surface area contributed by atoms with E-state index < -0.39 is 0 Å². The van der Waals surface area contributed by atoms with Crippen LogP contribution in [0.1, 0.15) is 10.4 Å². The van der Waals surface area contributed by atoms with Crippen LogP contribution in [0.15, 0.2) is 48.5 Å². The van der Waals surface area contributed by atoms with Gasteiger partial charge in [0.05, 0.1) is 0 Å². The Labute approximate surface area is 112 Å². The molecule has 0 atom stereocenters. The monoisotopic (exact) mass is 255 g/mol. The number of carbonyl (C=O) groups is 1. The fourth-order valence-corrected chi connectivity index (χ4v) is 1.70. The van der Waals surface area contributed by atoms with Gasteiger partial charge in [-0.05, 0) is 42.5 Å². The van der Waals surface area contributed by atoms with Crippen molar-refractivity contribution in [3.8, 4) is 0 Å². The zero-order chi connectivity index (χ0) is 13.8. The van der Waals surface area contributed by atoms with E-state index in [-0.39, 0.29) is 5.91 Å². The Hall–Kier alpha value is -2.49. The van der Waals surface area contributed by atoms with Crippen LogP contribution in [-0.4, -0.2) is 20.0 Å². The van der Waals surface area contributed by atoms with Gasteiger partial charge in [0.25, 0.3) is 5.91 Å². The molecule has 0 heterocycles. The molecule has 19 heavy (non-hydrogen) atoms. The van der Waals surface area contributed by atoms with Crippen LogP contribution in [0.4, 0.5) is 17.1 Å². The molecule has 0 fully saturated rings. The van der Waals surface area contributed by atoms with Gasteiger partial charge in [0.1, 0.15) is 0 Å². The molecule has 3 N–H and O–H groups in total. The average molecular weight is 255 g/mol. The summed E-state index contributed by atoms with van der Waals surface area (Å²) >= 11 is 0. The minimum absolute atomic E-state index is 0.143. The molecule has 98 valence electrons. The molecule has 1 amide bonds. The van der Waals surface area contributed by atoms with Crippen molar-refractivity contribution in [1.82, 2.24) is 0 Å². The Bertz CT molecular complexity index is 576. The summed E-state index contributed by atoms with van der Waals surface area (Å²) in [7, 11) is 3.92. The molecule has 0 unspecified atom stereocenters. The third-order valence-corrected chi connectivity index (χ3v) is 2.79. The van der Waals surface area contributed by atoms with Gasteiger partial charge in [-0.3, -0.25) is 4.79 Å².